The summed E-state index contributed by atoms with van der Waals surface area (Å²) < 4.78 is 5.13. The first-order valence-electron chi connectivity index (χ1n) is 7.17. The lowest BCUT2D eigenvalue weighted by atomic mass is 10.1. The van der Waals surface area contributed by atoms with Crippen molar-refractivity contribution in [2.45, 2.75) is 13.3 Å². The first-order valence-corrected chi connectivity index (χ1v) is 7.17. The van der Waals surface area contributed by atoms with Crippen molar-refractivity contribution in [1.82, 2.24) is 4.90 Å². The maximum atomic E-state index is 12.4. The molecule has 0 bridgehead atoms. The molecule has 0 saturated carbocycles. The highest BCUT2D eigenvalue weighted by Gasteiger charge is 2.23. The van der Waals surface area contributed by atoms with Crippen molar-refractivity contribution < 1.29 is 19.1 Å². The average molecular weight is 301 g/mol. The SMILES string of the molecule is CC(CN(CCc1ccccc1)C(=O)c1ccco1)C(=O)O. The van der Waals surface area contributed by atoms with Gasteiger partial charge in [-0.1, -0.05) is 37.3 Å². The number of aliphatic carboxylic acids is 1. The summed E-state index contributed by atoms with van der Waals surface area (Å²) in [6.45, 7) is 2.19. The molecule has 1 heterocycles. The minimum atomic E-state index is -0.919. The summed E-state index contributed by atoms with van der Waals surface area (Å²) in [6, 6.07) is 13.0. The molecule has 5 heteroatoms. The van der Waals surface area contributed by atoms with Gasteiger partial charge >= 0.3 is 5.97 Å². The van der Waals surface area contributed by atoms with Gasteiger partial charge in [0.25, 0.3) is 5.91 Å². The monoisotopic (exact) mass is 301 g/mol. The van der Waals surface area contributed by atoms with Gasteiger partial charge in [0.15, 0.2) is 5.76 Å². The molecule has 5 nitrogen and oxygen atoms in total. The van der Waals surface area contributed by atoms with Gasteiger partial charge in [0.2, 0.25) is 0 Å². The predicted molar refractivity (Wildman–Crippen MR) is 81.6 cm³/mol. The number of hydrogen-bond acceptors (Lipinski definition) is 3. The Morgan fingerprint density at radius 3 is 2.50 bits per heavy atom. The molecule has 1 aromatic carbocycles. The number of furan rings is 1. The third-order valence-electron chi connectivity index (χ3n) is 3.45. The summed E-state index contributed by atoms with van der Waals surface area (Å²) in [6.07, 6.45) is 2.10. The van der Waals surface area contributed by atoms with Crippen LogP contribution in [-0.2, 0) is 11.2 Å². The molecule has 1 atom stereocenters. The van der Waals surface area contributed by atoms with E-state index in [0.717, 1.165) is 5.56 Å². The number of rotatable bonds is 7. The van der Waals surface area contributed by atoms with Gasteiger partial charge in [0.05, 0.1) is 12.2 Å². The standard InChI is InChI=1S/C17H19NO4/c1-13(17(20)21)12-18(16(19)15-8-5-11-22-15)10-9-14-6-3-2-4-7-14/h2-8,11,13H,9-10,12H2,1H3,(H,20,21). The summed E-state index contributed by atoms with van der Waals surface area (Å²) in [5.41, 5.74) is 1.10. The Kier molecular flexibility index (Phi) is 5.36. The fraction of sp³-hybridized carbons (Fsp3) is 0.294. The van der Waals surface area contributed by atoms with Crippen LogP contribution >= 0.6 is 0 Å². The first-order chi connectivity index (χ1) is 10.6. The van der Waals surface area contributed by atoms with Crippen LogP contribution in [0.15, 0.2) is 53.1 Å². The topological polar surface area (TPSA) is 70.8 Å². The maximum Gasteiger partial charge on any atom is 0.308 e. The number of benzene rings is 1. The minimum absolute atomic E-state index is 0.154. The van der Waals surface area contributed by atoms with Gasteiger partial charge in [-0.2, -0.15) is 0 Å². The molecule has 2 aromatic rings. The third-order valence-corrected chi connectivity index (χ3v) is 3.45. The van der Waals surface area contributed by atoms with E-state index in [4.69, 9.17) is 9.52 Å². The number of carbonyl (C=O) groups is 2. The quantitative estimate of drug-likeness (QED) is 0.853. The normalized spacial score (nSPS) is 11.9. The Bertz CT molecular complexity index is 607. The van der Waals surface area contributed by atoms with E-state index in [0.29, 0.717) is 13.0 Å². The van der Waals surface area contributed by atoms with Gasteiger partial charge in [-0.15, -0.1) is 0 Å². The molecule has 0 radical (unpaired) electrons. The van der Waals surface area contributed by atoms with Crippen LogP contribution in [0.25, 0.3) is 0 Å². The lowest BCUT2D eigenvalue weighted by Gasteiger charge is -2.23. The van der Waals surface area contributed by atoms with E-state index < -0.39 is 11.9 Å². The van der Waals surface area contributed by atoms with E-state index in [-0.39, 0.29) is 18.2 Å². The van der Waals surface area contributed by atoms with Crippen molar-refractivity contribution in [3.63, 3.8) is 0 Å². The van der Waals surface area contributed by atoms with Gasteiger partial charge in [-0.3, -0.25) is 9.59 Å². The highest BCUT2D eigenvalue weighted by atomic mass is 16.4. The zero-order valence-corrected chi connectivity index (χ0v) is 12.4. The van der Waals surface area contributed by atoms with Crippen LogP contribution in [0.5, 0.6) is 0 Å². The van der Waals surface area contributed by atoms with E-state index in [1.165, 1.54) is 11.2 Å². The van der Waals surface area contributed by atoms with E-state index >= 15 is 0 Å². The molecule has 0 fully saturated rings. The molecule has 1 amide bonds. The number of carbonyl (C=O) groups excluding carboxylic acids is 1. The maximum absolute atomic E-state index is 12.4. The second-order valence-corrected chi connectivity index (χ2v) is 5.20. The van der Waals surface area contributed by atoms with Crippen LogP contribution in [0.3, 0.4) is 0 Å². The zero-order chi connectivity index (χ0) is 15.9. The van der Waals surface area contributed by atoms with E-state index in [9.17, 15) is 9.59 Å². The molecule has 1 N–H and O–H groups in total. The molecule has 116 valence electrons. The van der Waals surface area contributed by atoms with Crippen LogP contribution in [-0.4, -0.2) is 35.0 Å². The molecule has 0 aliphatic carbocycles. The number of carboxylic acids is 1. The smallest absolute Gasteiger partial charge is 0.308 e. The summed E-state index contributed by atoms with van der Waals surface area (Å²) in [7, 11) is 0. The summed E-state index contributed by atoms with van der Waals surface area (Å²) in [4.78, 5) is 25.0. The number of amides is 1. The van der Waals surface area contributed by atoms with Gasteiger partial charge in [0.1, 0.15) is 0 Å². The fourth-order valence-electron chi connectivity index (χ4n) is 2.15. The van der Waals surface area contributed by atoms with Gasteiger partial charge < -0.3 is 14.4 Å². The minimum Gasteiger partial charge on any atom is -0.481 e. The molecule has 0 aliphatic heterocycles. The van der Waals surface area contributed by atoms with Crippen LogP contribution < -0.4 is 0 Å². The Morgan fingerprint density at radius 2 is 1.91 bits per heavy atom. The molecule has 0 aliphatic rings. The second-order valence-electron chi connectivity index (χ2n) is 5.20. The lowest BCUT2D eigenvalue weighted by molar-refractivity contribution is -0.141. The van der Waals surface area contributed by atoms with Crippen LogP contribution in [0.1, 0.15) is 23.0 Å². The zero-order valence-electron chi connectivity index (χ0n) is 12.4. The largest absolute Gasteiger partial charge is 0.481 e. The fourth-order valence-corrected chi connectivity index (χ4v) is 2.15. The lowest BCUT2D eigenvalue weighted by Crippen LogP contribution is -2.38. The van der Waals surface area contributed by atoms with E-state index in [2.05, 4.69) is 0 Å². The molecule has 2 rings (SSSR count). The van der Waals surface area contributed by atoms with Crippen LogP contribution in [0.4, 0.5) is 0 Å². The molecule has 0 saturated heterocycles. The van der Waals surface area contributed by atoms with Crippen LogP contribution in [0.2, 0.25) is 0 Å². The van der Waals surface area contributed by atoms with Gasteiger partial charge in [0, 0.05) is 13.1 Å². The Morgan fingerprint density at radius 1 is 1.18 bits per heavy atom. The highest BCUT2D eigenvalue weighted by Crippen LogP contribution is 2.11. The third kappa shape index (κ3) is 4.22. The van der Waals surface area contributed by atoms with Crippen LogP contribution in [0, 0.1) is 5.92 Å². The molecule has 22 heavy (non-hydrogen) atoms. The summed E-state index contributed by atoms with van der Waals surface area (Å²) >= 11 is 0. The van der Waals surface area contributed by atoms with Gasteiger partial charge in [-0.05, 0) is 24.1 Å². The molecular weight excluding hydrogens is 282 g/mol. The van der Waals surface area contributed by atoms with Crippen molar-refractivity contribution in [1.29, 1.82) is 0 Å². The van der Waals surface area contributed by atoms with Crippen molar-refractivity contribution >= 4 is 11.9 Å². The summed E-state index contributed by atoms with van der Waals surface area (Å²) in [5.74, 6) is -1.61. The molecular formula is C17H19NO4. The first kappa shape index (κ1) is 15.8. The van der Waals surface area contributed by atoms with Crippen molar-refractivity contribution in [3.8, 4) is 0 Å². The van der Waals surface area contributed by atoms with E-state index in [1.54, 1.807) is 19.1 Å². The van der Waals surface area contributed by atoms with Crippen molar-refractivity contribution in [2.75, 3.05) is 13.1 Å². The number of carboxylic acid groups (broad SMARTS) is 1. The Hall–Kier alpha value is -2.56. The van der Waals surface area contributed by atoms with Crippen molar-refractivity contribution in [3.05, 3.63) is 60.1 Å². The molecule has 0 spiro atoms. The number of nitrogens with zero attached hydrogens (tertiary/aromatic N) is 1. The van der Waals surface area contributed by atoms with Crippen molar-refractivity contribution in [2.24, 2.45) is 5.92 Å². The highest BCUT2D eigenvalue weighted by molar-refractivity contribution is 5.91. The molecule has 1 unspecified atom stereocenters. The second kappa shape index (κ2) is 7.45. The average Bonchev–Trinajstić information content (AvgIpc) is 3.05. The number of hydrogen-bond donors (Lipinski definition) is 1. The summed E-state index contributed by atoms with van der Waals surface area (Å²) in [5, 5.41) is 9.07. The molecule has 1 aromatic heterocycles. The van der Waals surface area contributed by atoms with E-state index in [1.807, 2.05) is 30.3 Å². The van der Waals surface area contributed by atoms with Gasteiger partial charge in [-0.25, -0.2) is 0 Å². The predicted octanol–water partition coefficient (Wildman–Crippen LogP) is 2.69. The Labute approximate surface area is 129 Å². The Balaban J connectivity index is 2.07.